The molecule has 1 atom stereocenters. The van der Waals surface area contributed by atoms with Crippen molar-refractivity contribution in [1.82, 2.24) is 10.1 Å². The summed E-state index contributed by atoms with van der Waals surface area (Å²) in [7, 11) is 1.74. The monoisotopic (exact) mass is 385 g/mol. The van der Waals surface area contributed by atoms with E-state index in [1.165, 1.54) is 19.3 Å². The number of benzene rings is 1. The van der Waals surface area contributed by atoms with E-state index in [4.69, 9.17) is 14.0 Å². The second kappa shape index (κ2) is 8.65. The second-order valence-corrected chi connectivity index (χ2v) is 7.61. The number of nitrogens with one attached hydrogen (secondary N) is 1. The number of hydrogen-bond donors (Lipinski definition) is 1. The van der Waals surface area contributed by atoms with E-state index >= 15 is 0 Å². The molecule has 1 unspecified atom stereocenters. The molecule has 1 aliphatic heterocycles. The van der Waals surface area contributed by atoms with Gasteiger partial charge in [0.2, 0.25) is 0 Å². The topological polar surface area (TPSA) is 76.8 Å². The molecule has 0 radical (unpaired) electrons. The van der Waals surface area contributed by atoms with Crippen LogP contribution in [0.1, 0.15) is 49.5 Å². The molecule has 2 aromatic rings. The molecule has 1 N–H and O–H groups in total. The molecule has 1 aliphatic carbocycles. The van der Waals surface area contributed by atoms with Gasteiger partial charge in [0.15, 0.2) is 0 Å². The number of urea groups is 1. The van der Waals surface area contributed by atoms with Crippen molar-refractivity contribution in [1.29, 1.82) is 0 Å². The van der Waals surface area contributed by atoms with Gasteiger partial charge in [0.25, 0.3) is 0 Å². The molecule has 7 heteroatoms. The van der Waals surface area contributed by atoms with Crippen LogP contribution in [0, 0.1) is 0 Å². The van der Waals surface area contributed by atoms with E-state index in [0.29, 0.717) is 19.1 Å². The van der Waals surface area contributed by atoms with Crippen LogP contribution in [0.15, 0.2) is 34.9 Å². The Balaban J connectivity index is 1.23. The Morgan fingerprint density at radius 2 is 2.07 bits per heavy atom. The third kappa shape index (κ3) is 5.04. The zero-order chi connectivity index (χ0) is 19.3. The van der Waals surface area contributed by atoms with Gasteiger partial charge < -0.3 is 24.2 Å². The minimum absolute atomic E-state index is 0.179. The van der Waals surface area contributed by atoms with Crippen molar-refractivity contribution in [3.63, 3.8) is 0 Å². The van der Waals surface area contributed by atoms with Crippen molar-refractivity contribution >= 4 is 11.7 Å². The van der Waals surface area contributed by atoms with Gasteiger partial charge in [-0.15, -0.1) is 0 Å². The number of hydrogen-bond acceptors (Lipinski definition) is 5. The van der Waals surface area contributed by atoms with Gasteiger partial charge in [0.1, 0.15) is 23.8 Å². The normalized spacial score (nSPS) is 19.2. The van der Waals surface area contributed by atoms with Crippen molar-refractivity contribution in [3.8, 4) is 5.75 Å². The maximum Gasteiger partial charge on any atom is 0.321 e. The zero-order valence-electron chi connectivity index (χ0n) is 16.2. The number of rotatable bonds is 7. The highest BCUT2D eigenvalue weighted by Gasteiger charge is 2.28. The Kier molecular flexibility index (Phi) is 5.81. The van der Waals surface area contributed by atoms with Crippen molar-refractivity contribution < 1.29 is 18.8 Å². The van der Waals surface area contributed by atoms with Crippen molar-refractivity contribution in [2.24, 2.45) is 0 Å². The van der Waals surface area contributed by atoms with Gasteiger partial charge >= 0.3 is 6.03 Å². The highest BCUT2D eigenvalue weighted by Crippen LogP contribution is 2.40. The summed E-state index contributed by atoms with van der Waals surface area (Å²) in [6.45, 7) is 1.79. The molecule has 0 spiro atoms. The van der Waals surface area contributed by atoms with Gasteiger partial charge in [-0.3, -0.25) is 0 Å². The predicted molar refractivity (Wildman–Crippen MR) is 104 cm³/mol. The van der Waals surface area contributed by atoms with Crippen LogP contribution in [-0.4, -0.2) is 42.5 Å². The molecule has 1 aromatic carbocycles. The largest absolute Gasteiger partial charge is 0.491 e. The molecule has 28 heavy (non-hydrogen) atoms. The first-order valence-electron chi connectivity index (χ1n) is 9.99. The summed E-state index contributed by atoms with van der Waals surface area (Å²) in [5.74, 6) is 2.22. The molecular weight excluding hydrogens is 358 g/mol. The Bertz CT molecular complexity index is 779. The van der Waals surface area contributed by atoms with Gasteiger partial charge in [-0.2, -0.15) is 0 Å². The number of amides is 2. The van der Waals surface area contributed by atoms with Crippen LogP contribution in [0.5, 0.6) is 5.75 Å². The summed E-state index contributed by atoms with van der Waals surface area (Å²) in [4.78, 5) is 14.0. The number of anilines is 1. The molecule has 0 bridgehead atoms. The Morgan fingerprint density at radius 3 is 2.79 bits per heavy atom. The third-order valence-corrected chi connectivity index (χ3v) is 5.12. The van der Waals surface area contributed by atoms with Gasteiger partial charge in [-0.25, -0.2) is 4.79 Å². The van der Waals surface area contributed by atoms with Crippen LogP contribution in [0.25, 0.3) is 0 Å². The minimum Gasteiger partial charge on any atom is -0.491 e. The summed E-state index contributed by atoms with van der Waals surface area (Å²) in [5.41, 5.74) is 1.49. The third-order valence-electron chi connectivity index (χ3n) is 5.12. The van der Waals surface area contributed by atoms with Crippen LogP contribution in [-0.2, 0) is 11.3 Å². The van der Waals surface area contributed by atoms with E-state index in [1.54, 1.807) is 11.9 Å². The molecule has 150 valence electrons. The van der Waals surface area contributed by atoms with E-state index in [1.807, 2.05) is 30.3 Å². The molecule has 2 amide bonds. The first-order valence-corrected chi connectivity index (χ1v) is 9.99. The number of carbonyl (C=O) groups is 1. The quantitative estimate of drug-likeness (QED) is 0.774. The standard InChI is InChI=1S/C21H27N3O4/c1-24(13-17-12-20(28-23-17)15-5-6-15)21(25)22-16-7-9-18(10-8-16)27-14-19-4-2-3-11-26-19/h7-10,12,15,19H,2-6,11,13-14H2,1H3,(H,22,25). The average molecular weight is 385 g/mol. The molecule has 2 fully saturated rings. The highest BCUT2D eigenvalue weighted by atomic mass is 16.5. The number of carbonyl (C=O) groups excluding carboxylic acids is 1. The number of aromatic nitrogens is 1. The second-order valence-electron chi connectivity index (χ2n) is 7.61. The van der Waals surface area contributed by atoms with Gasteiger partial charge in [0.05, 0.1) is 12.6 Å². The van der Waals surface area contributed by atoms with E-state index < -0.39 is 0 Å². The molecule has 4 rings (SSSR count). The molecule has 1 aromatic heterocycles. The van der Waals surface area contributed by atoms with Gasteiger partial charge in [-0.1, -0.05) is 5.16 Å². The molecule has 1 saturated heterocycles. The van der Waals surface area contributed by atoms with E-state index in [2.05, 4.69) is 10.5 Å². The maximum atomic E-state index is 12.4. The number of nitrogens with zero attached hydrogens (tertiary/aromatic N) is 2. The van der Waals surface area contributed by atoms with Crippen molar-refractivity contribution in [2.45, 2.75) is 50.7 Å². The Labute approximate surface area is 165 Å². The van der Waals surface area contributed by atoms with Crippen LogP contribution in [0.2, 0.25) is 0 Å². The van der Waals surface area contributed by atoms with Crippen LogP contribution >= 0.6 is 0 Å². The van der Waals surface area contributed by atoms with Crippen LogP contribution in [0.3, 0.4) is 0 Å². The lowest BCUT2D eigenvalue weighted by Gasteiger charge is -2.22. The minimum atomic E-state index is -0.194. The number of ether oxygens (including phenoxy) is 2. The molecular formula is C21H27N3O4. The van der Waals surface area contributed by atoms with Crippen LogP contribution < -0.4 is 10.1 Å². The molecule has 2 heterocycles. The van der Waals surface area contributed by atoms with Gasteiger partial charge in [-0.05, 0) is 56.4 Å². The first kappa shape index (κ1) is 18.8. The van der Waals surface area contributed by atoms with E-state index in [-0.39, 0.29) is 12.1 Å². The lowest BCUT2D eigenvalue weighted by Crippen LogP contribution is -2.30. The van der Waals surface area contributed by atoms with E-state index in [0.717, 1.165) is 42.3 Å². The molecule has 2 aliphatic rings. The summed E-state index contributed by atoms with van der Waals surface area (Å²) in [6, 6.07) is 9.15. The fraction of sp³-hybridized carbons (Fsp3) is 0.524. The lowest BCUT2D eigenvalue weighted by molar-refractivity contribution is -0.0110. The van der Waals surface area contributed by atoms with Crippen LogP contribution in [0.4, 0.5) is 10.5 Å². The SMILES string of the molecule is CN(Cc1cc(C2CC2)on1)C(=O)Nc1ccc(OCC2CCCCO2)cc1. The molecule has 1 saturated carbocycles. The summed E-state index contributed by atoms with van der Waals surface area (Å²) in [5, 5.41) is 6.94. The van der Waals surface area contributed by atoms with E-state index in [9.17, 15) is 4.79 Å². The molecule has 7 nitrogen and oxygen atoms in total. The lowest BCUT2D eigenvalue weighted by atomic mass is 10.1. The fourth-order valence-electron chi connectivity index (χ4n) is 3.26. The highest BCUT2D eigenvalue weighted by molar-refractivity contribution is 5.89. The van der Waals surface area contributed by atoms with Gasteiger partial charge in [0, 0.05) is 31.3 Å². The Hall–Kier alpha value is -2.54. The fourth-order valence-corrected chi connectivity index (χ4v) is 3.26. The zero-order valence-corrected chi connectivity index (χ0v) is 16.2. The predicted octanol–water partition coefficient (Wildman–Crippen LogP) is 4.16. The smallest absolute Gasteiger partial charge is 0.321 e. The summed E-state index contributed by atoms with van der Waals surface area (Å²) in [6.07, 6.45) is 5.89. The van der Waals surface area contributed by atoms with Crippen molar-refractivity contribution in [2.75, 3.05) is 25.6 Å². The summed E-state index contributed by atoms with van der Waals surface area (Å²) >= 11 is 0. The summed E-state index contributed by atoms with van der Waals surface area (Å²) < 4.78 is 16.8. The maximum absolute atomic E-state index is 12.4. The first-order chi connectivity index (χ1) is 13.7. The van der Waals surface area contributed by atoms with Crippen molar-refractivity contribution in [3.05, 3.63) is 41.8 Å². The average Bonchev–Trinajstić information content (AvgIpc) is 3.47. The Morgan fingerprint density at radius 1 is 1.25 bits per heavy atom.